The van der Waals surface area contributed by atoms with Gasteiger partial charge in [-0.05, 0) is 136 Å². The number of nitrogens with one attached hydrogen (secondary N) is 3. The lowest BCUT2D eigenvalue weighted by molar-refractivity contribution is -0.384. The van der Waals surface area contributed by atoms with Gasteiger partial charge in [0, 0.05) is 67.2 Å². The molecule has 1 amide bonds. The number of hydrogen-bond donors (Lipinski definition) is 4. The van der Waals surface area contributed by atoms with E-state index in [1.165, 1.54) is 45.1 Å². The third-order valence-corrected chi connectivity index (χ3v) is 15.8. The Labute approximate surface area is 367 Å². The van der Waals surface area contributed by atoms with Crippen molar-refractivity contribution in [3.8, 4) is 11.5 Å². The number of carbonyl (C=O) groups excluding carboxylic acids is 1. The molecule has 2 aromatic carbocycles. The standard InChI is InChI=1S/C47H55N9O6S/c48-33-11-7-30(8-12-33)27-50-45-42(56(58)59)24-37(29-52-45)63(60,61)53-46(57)40-14-13-34(23-43(40)62-36-22-32-15-18-49-44(32)51-28-36)54-20-16-47(17-21-54)25-35(26-47)55-19-3-6-41(55)39-5-2-1-4-38(39)31-9-10-31/h1-2,4-5,13-15,18,22-24,28-31,33,35,41H,3,6-12,16-17,19-21,25-27,48H2,(H,49,51)(H,50,52)(H,53,57)/t30?,33?,41-/m0/s1. The second-order valence-corrected chi connectivity index (χ2v) is 20.3. The van der Waals surface area contributed by atoms with Crippen LogP contribution >= 0.6 is 0 Å². The number of likely N-dealkylation sites (tertiary alicyclic amines) is 1. The van der Waals surface area contributed by atoms with Gasteiger partial charge >= 0.3 is 5.69 Å². The Morgan fingerprint density at radius 2 is 1.71 bits per heavy atom. The van der Waals surface area contributed by atoms with Crippen molar-refractivity contribution in [1.29, 1.82) is 0 Å². The smallest absolute Gasteiger partial charge is 0.312 e. The van der Waals surface area contributed by atoms with Crippen LogP contribution in [-0.4, -0.2) is 77.4 Å². The molecule has 63 heavy (non-hydrogen) atoms. The van der Waals surface area contributed by atoms with E-state index in [0.29, 0.717) is 35.4 Å². The van der Waals surface area contributed by atoms with Crippen LogP contribution in [0.3, 0.4) is 0 Å². The predicted octanol–water partition coefficient (Wildman–Crippen LogP) is 8.17. The van der Waals surface area contributed by atoms with Gasteiger partial charge in [0.15, 0.2) is 0 Å². The average Bonchev–Trinajstić information content (AvgIpc) is 3.82. The highest BCUT2D eigenvalue weighted by Gasteiger charge is 2.50. The fourth-order valence-electron chi connectivity index (χ4n) is 10.8. The molecule has 5 heterocycles. The first-order valence-corrected chi connectivity index (χ1v) is 24.0. The van der Waals surface area contributed by atoms with Crippen LogP contribution in [0.4, 0.5) is 17.2 Å². The summed E-state index contributed by atoms with van der Waals surface area (Å²) in [5, 5.41) is 15.9. The van der Waals surface area contributed by atoms with E-state index in [2.05, 4.69) is 59.1 Å². The van der Waals surface area contributed by atoms with E-state index in [0.717, 1.165) is 80.9 Å². The topological polar surface area (TPSA) is 202 Å². The number of benzene rings is 2. The zero-order valence-electron chi connectivity index (χ0n) is 35.4. The number of H-pyrrole nitrogens is 1. The molecule has 10 rings (SSSR count). The van der Waals surface area contributed by atoms with E-state index >= 15 is 0 Å². The molecule has 2 aliphatic heterocycles. The summed E-state index contributed by atoms with van der Waals surface area (Å²) in [6, 6.07) is 20.2. The minimum atomic E-state index is -4.60. The Morgan fingerprint density at radius 3 is 2.48 bits per heavy atom. The Kier molecular flexibility index (Phi) is 11.1. The molecule has 330 valence electrons. The maximum Gasteiger partial charge on any atom is 0.312 e. The number of nitrogens with zero attached hydrogens (tertiary/aromatic N) is 5. The number of ether oxygens (including phenoxy) is 1. The maximum atomic E-state index is 13.9. The maximum absolute atomic E-state index is 13.9. The summed E-state index contributed by atoms with van der Waals surface area (Å²) in [6.07, 6.45) is 17.5. The predicted molar refractivity (Wildman–Crippen MR) is 241 cm³/mol. The fraction of sp³-hybridized carbons (Fsp3) is 0.468. The number of nitrogens with two attached hydrogens (primary N) is 1. The number of anilines is 2. The molecule has 3 aromatic heterocycles. The van der Waals surface area contributed by atoms with Crippen LogP contribution < -0.4 is 25.4 Å². The molecule has 16 heteroatoms. The molecule has 5 N–H and O–H groups in total. The zero-order valence-corrected chi connectivity index (χ0v) is 36.2. The number of rotatable bonds is 13. The van der Waals surface area contributed by atoms with Gasteiger partial charge in [-0.3, -0.25) is 19.8 Å². The quantitative estimate of drug-likeness (QED) is 0.0654. The van der Waals surface area contributed by atoms with E-state index in [1.807, 2.05) is 12.1 Å². The number of amides is 1. The molecule has 2 saturated heterocycles. The zero-order chi connectivity index (χ0) is 43.3. The lowest BCUT2D eigenvalue weighted by atomic mass is 9.59. The van der Waals surface area contributed by atoms with Gasteiger partial charge in [0.2, 0.25) is 5.82 Å². The molecule has 3 saturated carbocycles. The fourth-order valence-corrected chi connectivity index (χ4v) is 11.7. The molecule has 3 aliphatic carbocycles. The van der Waals surface area contributed by atoms with Crippen molar-refractivity contribution in [3.63, 3.8) is 0 Å². The molecule has 1 spiro atoms. The van der Waals surface area contributed by atoms with Gasteiger partial charge < -0.3 is 25.7 Å². The average molecular weight is 874 g/mol. The molecule has 0 unspecified atom stereocenters. The van der Waals surface area contributed by atoms with Crippen molar-refractivity contribution >= 4 is 44.2 Å². The number of pyridine rings is 2. The number of aromatic amines is 1. The first kappa shape index (κ1) is 41.4. The molecular weight excluding hydrogens is 819 g/mol. The van der Waals surface area contributed by atoms with Crippen molar-refractivity contribution in [3.05, 3.63) is 106 Å². The summed E-state index contributed by atoms with van der Waals surface area (Å²) in [6.45, 7) is 3.32. The number of fused-ring (bicyclic) bond motifs is 1. The van der Waals surface area contributed by atoms with Crippen LogP contribution in [-0.2, 0) is 10.0 Å². The molecular formula is C47H55N9O6S. The van der Waals surface area contributed by atoms with Crippen molar-refractivity contribution in [1.82, 2.24) is 24.6 Å². The monoisotopic (exact) mass is 873 g/mol. The third kappa shape index (κ3) is 8.60. The van der Waals surface area contributed by atoms with Crippen molar-refractivity contribution in [2.75, 3.05) is 36.4 Å². The lowest BCUT2D eigenvalue weighted by Gasteiger charge is -2.56. The molecule has 0 radical (unpaired) electrons. The second-order valence-electron chi connectivity index (χ2n) is 18.6. The number of sulfonamides is 1. The Morgan fingerprint density at radius 1 is 0.937 bits per heavy atom. The lowest BCUT2D eigenvalue weighted by Crippen LogP contribution is -2.54. The molecule has 5 aliphatic rings. The minimum Gasteiger partial charge on any atom is -0.455 e. The van der Waals surface area contributed by atoms with Crippen LogP contribution in [0.2, 0.25) is 0 Å². The second kappa shape index (κ2) is 16.8. The first-order chi connectivity index (χ1) is 30.5. The van der Waals surface area contributed by atoms with Crippen molar-refractivity contribution in [2.24, 2.45) is 17.1 Å². The van der Waals surface area contributed by atoms with Crippen molar-refractivity contribution < 1.29 is 22.9 Å². The highest BCUT2D eigenvalue weighted by Crippen LogP contribution is 2.55. The van der Waals surface area contributed by atoms with Crippen LogP contribution in [0.15, 0.2) is 84.1 Å². The normalized spacial score (nSPS) is 22.8. The third-order valence-electron chi connectivity index (χ3n) is 14.5. The first-order valence-electron chi connectivity index (χ1n) is 22.6. The van der Waals surface area contributed by atoms with Crippen LogP contribution in [0.1, 0.15) is 110 Å². The number of aromatic nitrogens is 3. The molecule has 5 fully saturated rings. The summed E-state index contributed by atoms with van der Waals surface area (Å²) in [5.74, 6) is 0.548. The van der Waals surface area contributed by atoms with Crippen molar-refractivity contribution in [2.45, 2.75) is 106 Å². The van der Waals surface area contributed by atoms with Crippen LogP contribution in [0.5, 0.6) is 11.5 Å². The van der Waals surface area contributed by atoms with Gasteiger partial charge in [-0.2, -0.15) is 0 Å². The van der Waals surface area contributed by atoms with Gasteiger partial charge in [0.25, 0.3) is 15.9 Å². The number of carbonyl (C=O) groups is 1. The summed E-state index contributed by atoms with van der Waals surface area (Å²) < 4.78 is 35.8. The van der Waals surface area contributed by atoms with Crippen LogP contribution in [0.25, 0.3) is 11.0 Å². The van der Waals surface area contributed by atoms with Gasteiger partial charge in [0.05, 0.1) is 22.9 Å². The molecule has 0 bridgehead atoms. The molecule has 15 nitrogen and oxygen atoms in total. The SMILES string of the molecule is NC1CCC(CNc2ncc(S(=O)(=O)NC(=O)c3ccc(N4CCC5(CC4)CC(N4CCC[C@H]4c4ccccc4C4CC4)C5)cc3Oc3cnc4[nH]ccc4c3)cc2[N+](=O)[O-])CC1. The molecule has 5 aromatic rings. The number of nitro groups is 1. The summed E-state index contributed by atoms with van der Waals surface area (Å²) in [5.41, 5.74) is 10.5. The summed E-state index contributed by atoms with van der Waals surface area (Å²) in [7, 11) is -4.60. The largest absolute Gasteiger partial charge is 0.455 e. The Balaban J connectivity index is 0.836. The van der Waals surface area contributed by atoms with Gasteiger partial charge in [-0.15, -0.1) is 0 Å². The van der Waals surface area contributed by atoms with Gasteiger partial charge in [0.1, 0.15) is 22.0 Å². The van der Waals surface area contributed by atoms with Gasteiger partial charge in [-0.1, -0.05) is 24.3 Å². The van der Waals surface area contributed by atoms with E-state index < -0.39 is 31.4 Å². The number of piperidine rings is 1. The van der Waals surface area contributed by atoms with E-state index in [1.54, 1.807) is 41.7 Å². The van der Waals surface area contributed by atoms with E-state index in [4.69, 9.17) is 10.5 Å². The Hall–Kier alpha value is -5.58. The summed E-state index contributed by atoms with van der Waals surface area (Å²) >= 11 is 0. The van der Waals surface area contributed by atoms with Crippen LogP contribution in [0, 0.1) is 21.4 Å². The highest BCUT2D eigenvalue weighted by molar-refractivity contribution is 7.90. The minimum absolute atomic E-state index is 0.0248. The number of hydrogen-bond acceptors (Lipinski definition) is 12. The molecule has 1 atom stereocenters. The van der Waals surface area contributed by atoms with Gasteiger partial charge in [-0.25, -0.2) is 23.1 Å². The Bertz CT molecular complexity index is 2630. The highest BCUT2D eigenvalue weighted by atomic mass is 32.2. The van der Waals surface area contributed by atoms with E-state index in [9.17, 15) is 23.3 Å². The van der Waals surface area contributed by atoms with E-state index in [-0.39, 0.29) is 29.1 Å². The summed E-state index contributed by atoms with van der Waals surface area (Å²) in [4.78, 5) is 41.6.